The standard InChI is InChI=1S/C15H19BF3NO2S/c1-13(2)14(3,4)22-16(21-13)11(9-23)7-10-5-6-12(20-8-10)15(17,18)19/h5-8,23H,9H2,1-4H3. The van der Waals surface area contributed by atoms with Crippen LogP contribution in [-0.2, 0) is 15.5 Å². The Labute approximate surface area is 139 Å². The second-order valence-electron chi connectivity index (χ2n) is 6.44. The molecule has 1 fully saturated rings. The van der Waals surface area contributed by atoms with Gasteiger partial charge in [0.25, 0.3) is 0 Å². The molecule has 0 spiro atoms. The molecule has 1 aromatic rings. The number of hydrogen-bond acceptors (Lipinski definition) is 4. The van der Waals surface area contributed by atoms with Crippen molar-refractivity contribution in [3.05, 3.63) is 35.1 Å². The third-order valence-electron chi connectivity index (χ3n) is 4.17. The Balaban J connectivity index is 2.23. The Morgan fingerprint density at radius 2 is 1.78 bits per heavy atom. The van der Waals surface area contributed by atoms with Gasteiger partial charge >= 0.3 is 13.3 Å². The van der Waals surface area contributed by atoms with E-state index in [0.717, 1.165) is 11.5 Å². The van der Waals surface area contributed by atoms with Crippen molar-refractivity contribution in [2.45, 2.75) is 45.1 Å². The minimum absolute atomic E-state index is 0.359. The molecule has 1 aliphatic rings. The van der Waals surface area contributed by atoms with Crippen molar-refractivity contribution in [3.63, 3.8) is 0 Å². The average Bonchev–Trinajstić information content (AvgIpc) is 2.64. The van der Waals surface area contributed by atoms with Crippen molar-refractivity contribution in [1.82, 2.24) is 4.98 Å². The smallest absolute Gasteiger partial charge is 0.400 e. The van der Waals surface area contributed by atoms with Crippen LogP contribution in [0.4, 0.5) is 13.2 Å². The number of pyridine rings is 1. The molecule has 3 nitrogen and oxygen atoms in total. The lowest BCUT2D eigenvalue weighted by Crippen LogP contribution is -2.41. The van der Waals surface area contributed by atoms with E-state index < -0.39 is 30.2 Å². The first kappa shape index (κ1) is 18.4. The monoisotopic (exact) mass is 345 g/mol. The maximum absolute atomic E-state index is 12.5. The Morgan fingerprint density at radius 1 is 1.22 bits per heavy atom. The summed E-state index contributed by atoms with van der Waals surface area (Å²) in [6.45, 7) is 7.73. The number of nitrogens with zero attached hydrogens (tertiary/aromatic N) is 1. The fourth-order valence-corrected chi connectivity index (χ4v) is 2.30. The number of thiol groups is 1. The fraction of sp³-hybridized carbons (Fsp3) is 0.533. The molecule has 0 amide bonds. The van der Waals surface area contributed by atoms with Gasteiger partial charge in [0.15, 0.2) is 0 Å². The Hall–Kier alpha value is -0.985. The zero-order valence-corrected chi connectivity index (χ0v) is 14.3. The molecule has 0 saturated carbocycles. The maximum atomic E-state index is 12.5. The largest absolute Gasteiger partial charge is 0.491 e. The van der Waals surface area contributed by atoms with Crippen LogP contribution in [-0.4, -0.2) is 29.1 Å². The molecule has 23 heavy (non-hydrogen) atoms. The van der Waals surface area contributed by atoms with E-state index in [1.165, 1.54) is 12.3 Å². The molecule has 0 atom stereocenters. The Bertz CT molecular complexity index is 584. The highest BCUT2D eigenvalue weighted by Gasteiger charge is 2.52. The van der Waals surface area contributed by atoms with Crippen molar-refractivity contribution < 1.29 is 22.5 Å². The van der Waals surface area contributed by atoms with Crippen molar-refractivity contribution in [3.8, 4) is 0 Å². The maximum Gasteiger partial charge on any atom is 0.491 e. The molecule has 0 bridgehead atoms. The van der Waals surface area contributed by atoms with Gasteiger partial charge < -0.3 is 9.31 Å². The first-order valence-electron chi connectivity index (χ1n) is 7.16. The van der Waals surface area contributed by atoms with Gasteiger partial charge in [0.2, 0.25) is 0 Å². The topological polar surface area (TPSA) is 31.4 Å². The van der Waals surface area contributed by atoms with E-state index in [1.54, 1.807) is 6.08 Å². The van der Waals surface area contributed by atoms with Crippen LogP contribution in [0.2, 0.25) is 0 Å². The lowest BCUT2D eigenvalue weighted by atomic mass is 9.78. The quantitative estimate of drug-likeness (QED) is 0.663. The van der Waals surface area contributed by atoms with Gasteiger partial charge in [-0.2, -0.15) is 25.8 Å². The van der Waals surface area contributed by atoms with Crippen molar-refractivity contribution in [2.75, 3.05) is 5.75 Å². The van der Waals surface area contributed by atoms with Crippen LogP contribution in [0.5, 0.6) is 0 Å². The summed E-state index contributed by atoms with van der Waals surface area (Å²) in [6, 6.07) is 2.32. The molecule has 126 valence electrons. The highest BCUT2D eigenvalue weighted by molar-refractivity contribution is 7.80. The molecule has 2 rings (SSSR count). The van der Waals surface area contributed by atoms with E-state index in [2.05, 4.69) is 17.6 Å². The second-order valence-corrected chi connectivity index (χ2v) is 6.76. The van der Waals surface area contributed by atoms with Crippen molar-refractivity contribution in [2.24, 2.45) is 0 Å². The molecule has 0 radical (unpaired) electrons. The Kier molecular flexibility index (Phi) is 4.90. The number of halogens is 3. The van der Waals surface area contributed by atoms with Gasteiger partial charge in [-0.1, -0.05) is 12.1 Å². The lowest BCUT2D eigenvalue weighted by Gasteiger charge is -2.32. The van der Waals surface area contributed by atoms with E-state index in [1.807, 2.05) is 27.7 Å². The molecule has 1 saturated heterocycles. The first-order valence-corrected chi connectivity index (χ1v) is 7.80. The van der Waals surface area contributed by atoms with Crippen LogP contribution < -0.4 is 0 Å². The van der Waals surface area contributed by atoms with Gasteiger partial charge in [-0.25, -0.2) is 0 Å². The average molecular weight is 345 g/mol. The summed E-state index contributed by atoms with van der Waals surface area (Å²) in [5, 5.41) is 0. The molecular weight excluding hydrogens is 326 g/mol. The van der Waals surface area contributed by atoms with E-state index in [-0.39, 0.29) is 0 Å². The van der Waals surface area contributed by atoms with Crippen molar-refractivity contribution >= 4 is 25.8 Å². The van der Waals surface area contributed by atoms with Gasteiger partial charge in [-0.3, -0.25) is 4.98 Å². The molecule has 8 heteroatoms. The zero-order chi connectivity index (χ0) is 17.5. The minimum atomic E-state index is -4.44. The molecule has 0 N–H and O–H groups in total. The molecule has 0 aliphatic carbocycles. The normalized spacial score (nSPS) is 20.9. The van der Waals surface area contributed by atoms with Crippen LogP contribution in [0.25, 0.3) is 6.08 Å². The van der Waals surface area contributed by atoms with E-state index in [9.17, 15) is 13.2 Å². The van der Waals surface area contributed by atoms with E-state index >= 15 is 0 Å². The minimum Gasteiger partial charge on any atom is -0.400 e. The molecule has 0 aromatic carbocycles. The van der Waals surface area contributed by atoms with E-state index in [0.29, 0.717) is 11.3 Å². The lowest BCUT2D eigenvalue weighted by molar-refractivity contribution is -0.141. The third-order valence-corrected chi connectivity index (χ3v) is 4.53. The van der Waals surface area contributed by atoms with Crippen molar-refractivity contribution in [1.29, 1.82) is 0 Å². The van der Waals surface area contributed by atoms with Gasteiger partial charge in [-0.05, 0) is 44.8 Å². The highest BCUT2D eigenvalue weighted by atomic mass is 32.1. The molecular formula is C15H19BF3NO2S. The zero-order valence-electron chi connectivity index (χ0n) is 13.4. The molecule has 2 heterocycles. The number of hydrogen-bond donors (Lipinski definition) is 1. The van der Waals surface area contributed by atoms with Crippen LogP contribution >= 0.6 is 12.6 Å². The highest BCUT2D eigenvalue weighted by Crippen LogP contribution is 2.39. The predicted molar refractivity (Wildman–Crippen MR) is 87.2 cm³/mol. The summed E-state index contributed by atoms with van der Waals surface area (Å²) in [5.41, 5.74) is -0.626. The summed E-state index contributed by atoms with van der Waals surface area (Å²) in [6.07, 6.45) is -1.57. The number of aromatic nitrogens is 1. The third kappa shape index (κ3) is 3.92. The summed E-state index contributed by atoms with van der Waals surface area (Å²) in [4.78, 5) is 3.44. The second kappa shape index (κ2) is 6.14. The van der Waals surface area contributed by atoms with Crippen LogP contribution in [0.1, 0.15) is 39.0 Å². The van der Waals surface area contributed by atoms with Crippen LogP contribution in [0, 0.1) is 0 Å². The van der Waals surface area contributed by atoms with Crippen LogP contribution in [0.3, 0.4) is 0 Å². The predicted octanol–water partition coefficient (Wildman–Crippen LogP) is 4.05. The van der Waals surface area contributed by atoms with Crippen LogP contribution in [0.15, 0.2) is 23.8 Å². The number of rotatable bonds is 3. The summed E-state index contributed by atoms with van der Waals surface area (Å²) in [5.74, 6) is 0.359. The first-order chi connectivity index (χ1) is 10.5. The van der Waals surface area contributed by atoms with E-state index in [4.69, 9.17) is 9.31 Å². The molecule has 1 aromatic heterocycles. The molecule has 0 unspecified atom stereocenters. The summed E-state index contributed by atoms with van der Waals surface area (Å²) in [7, 11) is -0.584. The van der Waals surface area contributed by atoms with Gasteiger partial charge in [-0.15, -0.1) is 0 Å². The number of alkyl halides is 3. The van der Waals surface area contributed by atoms with Gasteiger partial charge in [0, 0.05) is 11.9 Å². The SMILES string of the molecule is CC1(C)OB(C(=Cc2ccc(C(F)(F)F)nc2)CS)OC1(C)C. The van der Waals surface area contributed by atoms with Gasteiger partial charge in [0.1, 0.15) is 5.69 Å². The Morgan fingerprint density at radius 3 is 2.17 bits per heavy atom. The van der Waals surface area contributed by atoms with Gasteiger partial charge in [0.05, 0.1) is 11.2 Å². The fourth-order valence-electron chi connectivity index (χ4n) is 2.06. The summed E-state index contributed by atoms with van der Waals surface area (Å²) < 4.78 is 49.5. The molecule has 1 aliphatic heterocycles. The summed E-state index contributed by atoms with van der Waals surface area (Å²) >= 11 is 4.27.